The highest BCUT2D eigenvalue weighted by atomic mass is 35.5. The molecular weight excluding hydrogens is 299 g/mol. The quantitative estimate of drug-likeness (QED) is 0.693. The predicted molar refractivity (Wildman–Crippen MR) is 74.0 cm³/mol. The van der Waals surface area contributed by atoms with Gasteiger partial charge in [-0.25, -0.2) is 0 Å². The Morgan fingerprint density at radius 1 is 1.12 bits per heavy atom. The summed E-state index contributed by atoms with van der Waals surface area (Å²) in [7, 11) is 0. The first kappa shape index (κ1) is 12.9. The molecule has 0 unspecified atom stereocenters. The Balaban J connectivity index is 2.50. The van der Waals surface area contributed by atoms with Crippen LogP contribution in [0.3, 0.4) is 0 Å². The Morgan fingerprint density at radius 3 is 2.41 bits per heavy atom. The Hall–Kier alpha value is -0.540. The third-order valence-electron chi connectivity index (χ3n) is 2.35. The Kier molecular flexibility index (Phi) is 3.79. The van der Waals surface area contributed by atoms with E-state index in [9.17, 15) is 4.79 Å². The van der Waals surface area contributed by atoms with Crippen LogP contribution in [0.25, 0.3) is 0 Å². The average molecular weight is 306 g/mol. The Morgan fingerprint density at radius 2 is 1.82 bits per heavy atom. The second-order valence-electron chi connectivity index (χ2n) is 3.53. The van der Waals surface area contributed by atoms with Gasteiger partial charge in [0, 0.05) is 10.6 Å². The van der Waals surface area contributed by atoms with Crippen LogP contribution < -0.4 is 0 Å². The Bertz CT molecular complexity index is 589. The molecule has 0 amide bonds. The first-order chi connectivity index (χ1) is 7.99. The second kappa shape index (κ2) is 4.99. The maximum Gasteiger partial charge on any atom is 0.195 e. The number of halogens is 3. The minimum Gasteiger partial charge on any atom is -0.289 e. The van der Waals surface area contributed by atoms with Crippen LogP contribution in [0.1, 0.15) is 21.5 Å². The van der Waals surface area contributed by atoms with Crippen molar-refractivity contribution in [2.45, 2.75) is 6.92 Å². The highest BCUT2D eigenvalue weighted by Crippen LogP contribution is 2.33. The maximum absolute atomic E-state index is 12.3. The van der Waals surface area contributed by atoms with Gasteiger partial charge in [0.05, 0.1) is 9.90 Å². The van der Waals surface area contributed by atoms with E-state index < -0.39 is 0 Å². The zero-order valence-corrected chi connectivity index (χ0v) is 11.8. The van der Waals surface area contributed by atoms with Gasteiger partial charge in [0.1, 0.15) is 4.34 Å². The fraction of sp³-hybridized carbons (Fsp3) is 0.0833. The van der Waals surface area contributed by atoms with Gasteiger partial charge in [0.25, 0.3) is 0 Å². The van der Waals surface area contributed by atoms with Crippen LogP contribution in [-0.2, 0) is 0 Å². The summed E-state index contributed by atoms with van der Waals surface area (Å²) >= 11 is 18.9. The number of hydrogen-bond donors (Lipinski definition) is 0. The van der Waals surface area contributed by atoms with Crippen LogP contribution in [0.15, 0.2) is 24.3 Å². The zero-order valence-electron chi connectivity index (χ0n) is 8.76. The molecule has 0 spiro atoms. The highest BCUT2D eigenvalue weighted by Gasteiger charge is 2.18. The molecule has 0 saturated carbocycles. The summed E-state index contributed by atoms with van der Waals surface area (Å²) in [5, 5.41) is 0.524. The maximum atomic E-state index is 12.3. The van der Waals surface area contributed by atoms with E-state index in [2.05, 4.69) is 0 Å². The summed E-state index contributed by atoms with van der Waals surface area (Å²) in [6.45, 7) is 1.85. The molecule has 0 N–H and O–H groups in total. The molecule has 1 aromatic carbocycles. The summed E-state index contributed by atoms with van der Waals surface area (Å²) < 4.78 is 0.900. The third kappa shape index (κ3) is 2.66. The van der Waals surface area contributed by atoms with Gasteiger partial charge in [0.15, 0.2) is 5.78 Å². The molecule has 0 aliphatic heterocycles. The van der Waals surface area contributed by atoms with Crippen molar-refractivity contribution < 1.29 is 4.79 Å². The molecule has 5 heteroatoms. The lowest BCUT2D eigenvalue weighted by Crippen LogP contribution is -2.02. The number of thiophene rings is 1. The van der Waals surface area contributed by atoms with Crippen molar-refractivity contribution in [1.29, 1.82) is 0 Å². The van der Waals surface area contributed by atoms with E-state index in [1.807, 2.05) is 6.92 Å². The molecular formula is C12H7Cl3OS. The molecule has 0 bridgehead atoms. The van der Waals surface area contributed by atoms with Crippen molar-refractivity contribution in [3.05, 3.63) is 54.7 Å². The zero-order chi connectivity index (χ0) is 12.6. The van der Waals surface area contributed by atoms with E-state index in [4.69, 9.17) is 34.8 Å². The minimum absolute atomic E-state index is 0.154. The van der Waals surface area contributed by atoms with E-state index in [-0.39, 0.29) is 5.78 Å². The van der Waals surface area contributed by atoms with E-state index in [1.165, 1.54) is 11.3 Å². The van der Waals surface area contributed by atoms with Crippen molar-refractivity contribution in [2.75, 3.05) is 0 Å². The summed E-state index contributed by atoms with van der Waals surface area (Å²) in [5.74, 6) is -0.154. The fourth-order valence-corrected chi connectivity index (χ4v) is 3.11. The van der Waals surface area contributed by atoms with Crippen LogP contribution in [-0.4, -0.2) is 5.78 Å². The topological polar surface area (TPSA) is 17.1 Å². The van der Waals surface area contributed by atoms with Crippen LogP contribution in [0, 0.1) is 6.92 Å². The molecule has 1 nitrogen and oxygen atoms in total. The minimum atomic E-state index is -0.154. The molecule has 0 aliphatic rings. The number of carbonyl (C=O) groups is 1. The van der Waals surface area contributed by atoms with Gasteiger partial charge in [-0.05, 0) is 30.7 Å². The first-order valence-electron chi connectivity index (χ1n) is 4.74. The van der Waals surface area contributed by atoms with Gasteiger partial charge in [0.2, 0.25) is 0 Å². The molecule has 1 heterocycles. The van der Waals surface area contributed by atoms with Crippen LogP contribution in [0.5, 0.6) is 0 Å². The van der Waals surface area contributed by atoms with Crippen LogP contribution >= 0.6 is 46.1 Å². The van der Waals surface area contributed by atoms with E-state index in [0.29, 0.717) is 24.8 Å². The monoisotopic (exact) mass is 304 g/mol. The lowest BCUT2D eigenvalue weighted by molar-refractivity contribution is 0.103. The van der Waals surface area contributed by atoms with Crippen LogP contribution in [0.2, 0.25) is 13.7 Å². The number of aryl methyl sites for hydroxylation is 1. The predicted octanol–water partition coefficient (Wildman–Crippen LogP) is 5.25. The van der Waals surface area contributed by atoms with E-state index in [0.717, 1.165) is 5.56 Å². The molecule has 88 valence electrons. The molecule has 0 saturated heterocycles. The molecule has 17 heavy (non-hydrogen) atoms. The van der Waals surface area contributed by atoms with Crippen molar-refractivity contribution in [1.82, 2.24) is 0 Å². The number of benzene rings is 1. The van der Waals surface area contributed by atoms with Gasteiger partial charge in [-0.15, -0.1) is 11.3 Å². The van der Waals surface area contributed by atoms with Gasteiger partial charge in [-0.2, -0.15) is 0 Å². The van der Waals surface area contributed by atoms with Crippen molar-refractivity contribution in [2.24, 2.45) is 0 Å². The number of rotatable bonds is 2. The molecule has 1 aromatic heterocycles. The molecule has 0 atom stereocenters. The SMILES string of the molecule is Cc1ccc(Cl)cc1C(=O)c1cc(Cl)sc1Cl. The lowest BCUT2D eigenvalue weighted by atomic mass is 10.0. The van der Waals surface area contributed by atoms with Gasteiger partial charge < -0.3 is 0 Å². The third-order valence-corrected chi connectivity index (χ3v) is 4.07. The van der Waals surface area contributed by atoms with E-state index >= 15 is 0 Å². The highest BCUT2D eigenvalue weighted by molar-refractivity contribution is 7.20. The summed E-state index contributed by atoms with van der Waals surface area (Å²) in [5.41, 5.74) is 1.83. The van der Waals surface area contributed by atoms with Crippen LogP contribution in [0.4, 0.5) is 0 Å². The fourth-order valence-electron chi connectivity index (χ4n) is 1.48. The summed E-state index contributed by atoms with van der Waals surface area (Å²) in [6, 6.07) is 6.77. The molecule has 2 aromatic rings. The molecule has 0 aliphatic carbocycles. The van der Waals surface area contributed by atoms with E-state index in [1.54, 1.807) is 24.3 Å². The van der Waals surface area contributed by atoms with Gasteiger partial charge in [-0.1, -0.05) is 40.9 Å². The number of ketones is 1. The molecule has 0 fully saturated rings. The van der Waals surface area contributed by atoms with Gasteiger partial charge in [-0.3, -0.25) is 4.79 Å². The van der Waals surface area contributed by atoms with Crippen molar-refractivity contribution in [3.63, 3.8) is 0 Å². The normalized spacial score (nSPS) is 10.6. The second-order valence-corrected chi connectivity index (χ2v) is 6.25. The smallest absolute Gasteiger partial charge is 0.195 e. The summed E-state index contributed by atoms with van der Waals surface area (Å²) in [6.07, 6.45) is 0. The Labute approximate surface area is 118 Å². The largest absolute Gasteiger partial charge is 0.289 e. The summed E-state index contributed by atoms with van der Waals surface area (Å²) in [4.78, 5) is 12.3. The molecule has 0 radical (unpaired) electrons. The average Bonchev–Trinajstić information content (AvgIpc) is 2.60. The van der Waals surface area contributed by atoms with Crippen molar-refractivity contribution in [3.8, 4) is 0 Å². The lowest BCUT2D eigenvalue weighted by Gasteiger charge is -2.04. The first-order valence-corrected chi connectivity index (χ1v) is 6.70. The van der Waals surface area contributed by atoms with Gasteiger partial charge >= 0.3 is 0 Å². The van der Waals surface area contributed by atoms with Crippen molar-refractivity contribution >= 4 is 51.9 Å². The number of carbonyl (C=O) groups excluding carboxylic acids is 1. The number of hydrogen-bond acceptors (Lipinski definition) is 2. The molecule has 2 rings (SSSR count). The standard InChI is InChI=1S/C12H7Cl3OS/c1-6-2-3-7(13)4-8(6)11(16)9-5-10(14)17-12(9)15/h2-5H,1H3.